The van der Waals surface area contributed by atoms with Gasteiger partial charge in [-0.1, -0.05) is 17.9 Å². The van der Waals surface area contributed by atoms with Crippen LogP contribution in [0, 0.1) is 11.8 Å². The summed E-state index contributed by atoms with van der Waals surface area (Å²) >= 11 is 5.53. The average molecular weight is 219 g/mol. The Hall–Kier alpha value is -1.26. The van der Waals surface area contributed by atoms with E-state index in [2.05, 4.69) is 11.8 Å². The van der Waals surface area contributed by atoms with Crippen LogP contribution in [0.3, 0.4) is 0 Å². The fourth-order valence-electron chi connectivity index (χ4n) is 1.73. The maximum absolute atomic E-state index is 11.5. The van der Waals surface area contributed by atoms with Crippen LogP contribution >= 0.6 is 11.6 Å². The van der Waals surface area contributed by atoms with Crippen LogP contribution < -0.4 is 0 Å². The lowest BCUT2D eigenvalue weighted by Gasteiger charge is -1.97. The van der Waals surface area contributed by atoms with Gasteiger partial charge in [-0.2, -0.15) is 0 Å². The average Bonchev–Trinajstić information content (AvgIpc) is 2.61. The van der Waals surface area contributed by atoms with Crippen molar-refractivity contribution in [2.24, 2.45) is 0 Å². The molecule has 2 heteroatoms. The molecule has 1 aliphatic carbocycles. The molecular formula is C13H11ClO. The van der Waals surface area contributed by atoms with Crippen molar-refractivity contribution in [2.45, 2.75) is 19.3 Å². The summed E-state index contributed by atoms with van der Waals surface area (Å²) in [6, 6.07) is 5.87. The largest absolute Gasteiger partial charge is 0.294 e. The minimum atomic E-state index is 0.242. The van der Waals surface area contributed by atoms with Crippen LogP contribution in [0.4, 0.5) is 0 Å². The SMILES string of the molecule is O=C1CCc2ccc(C#CCCCl)cc21. The topological polar surface area (TPSA) is 17.1 Å². The number of aryl methyl sites for hydroxylation is 1. The number of Topliss-reactive ketones (excluding diaryl/α,β-unsaturated/α-hetero) is 1. The summed E-state index contributed by atoms with van der Waals surface area (Å²) in [7, 11) is 0. The fourth-order valence-corrected chi connectivity index (χ4v) is 1.82. The Morgan fingerprint density at radius 3 is 3.00 bits per heavy atom. The summed E-state index contributed by atoms with van der Waals surface area (Å²) in [5.41, 5.74) is 2.92. The van der Waals surface area contributed by atoms with Gasteiger partial charge in [0, 0.05) is 29.8 Å². The third kappa shape index (κ3) is 2.22. The van der Waals surface area contributed by atoms with Crippen molar-refractivity contribution in [3.05, 3.63) is 34.9 Å². The number of hydrogen-bond acceptors (Lipinski definition) is 1. The molecule has 0 spiro atoms. The predicted octanol–water partition coefficient (Wildman–Crippen LogP) is 2.80. The van der Waals surface area contributed by atoms with E-state index in [4.69, 9.17) is 11.6 Å². The van der Waals surface area contributed by atoms with Crippen molar-refractivity contribution < 1.29 is 4.79 Å². The first-order chi connectivity index (χ1) is 7.31. The molecule has 2 rings (SSSR count). The molecule has 15 heavy (non-hydrogen) atoms. The number of alkyl halides is 1. The Bertz CT molecular complexity index is 451. The lowest BCUT2D eigenvalue weighted by molar-refractivity contribution is 0.0994. The molecule has 0 bridgehead atoms. The number of benzene rings is 1. The zero-order chi connectivity index (χ0) is 10.7. The van der Waals surface area contributed by atoms with Crippen molar-refractivity contribution in [1.29, 1.82) is 0 Å². The van der Waals surface area contributed by atoms with Gasteiger partial charge in [-0.25, -0.2) is 0 Å². The molecule has 0 aliphatic heterocycles. The Kier molecular flexibility index (Phi) is 3.08. The number of fused-ring (bicyclic) bond motifs is 1. The molecule has 0 N–H and O–H groups in total. The Balaban J connectivity index is 2.27. The van der Waals surface area contributed by atoms with E-state index in [-0.39, 0.29) is 5.78 Å². The second kappa shape index (κ2) is 4.51. The van der Waals surface area contributed by atoms with E-state index in [0.717, 1.165) is 23.1 Å². The van der Waals surface area contributed by atoms with Gasteiger partial charge in [0.1, 0.15) is 0 Å². The van der Waals surface area contributed by atoms with Crippen molar-refractivity contribution >= 4 is 17.4 Å². The Labute approximate surface area is 94.4 Å². The molecule has 0 aromatic heterocycles. The standard InChI is InChI=1S/C13H11ClO/c14-8-2-1-3-10-4-5-11-6-7-13(15)12(11)9-10/h4-5,9H,2,6-8H2. The van der Waals surface area contributed by atoms with E-state index in [9.17, 15) is 4.79 Å². The van der Waals surface area contributed by atoms with Crippen molar-refractivity contribution in [3.8, 4) is 11.8 Å². The van der Waals surface area contributed by atoms with Crippen molar-refractivity contribution in [3.63, 3.8) is 0 Å². The van der Waals surface area contributed by atoms with E-state index in [0.29, 0.717) is 18.7 Å². The third-order valence-electron chi connectivity index (χ3n) is 2.48. The highest BCUT2D eigenvalue weighted by Crippen LogP contribution is 2.22. The first-order valence-corrected chi connectivity index (χ1v) is 5.55. The van der Waals surface area contributed by atoms with Gasteiger partial charge >= 0.3 is 0 Å². The predicted molar refractivity (Wildman–Crippen MR) is 61.3 cm³/mol. The summed E-state index contributed by atoms with van der Waals surface area (Å²) in [5.74, 6) is 6.77. The monoisotopic (exact) mass is 218 g/mol. The van der Waals surface area contributed by atoms with Crippen molar-refractivity contribution in [1.82, 2.24) is 0 Å². The fraction of sp³-hybridized carbons (Fsp3) is 0.308. The lowest BCUT2D eigenvalue weighted by Crippen LogP contribution is -1.91. The molecule has 1 aliphatic rings. The van der Waals surface area contributed by atoms with Gasteiger partial charge in [-0.05, 0) is 24.1 Å². The third-order valence-corrected chi connectivity index (χ3v) is 2.67. The molecule has 0 saturated carbocycles. The lowest BCUT2D eigenvalue weighted by atomic mass is 10.1. The number of ketones is 1. The first kappa shape index (κ1) is 10.3. The second-order valence-corrected chi connectivity index (χ2v) is 3.91. The molecule has 0 radical (unpaired) electrons. The minimum absolute atomic E-state index is 0.242. The molecule has 1 nitrogen and oxygen atoms in total. The zero-order valence-electron chi connectivity index (χ0n) is 8.35. The quantitative estimate of drug-likeness (QED) is 0.523. The maximum atomic E-state index is 11.5. The summed E-state index contributed by atoms with van der Waals surface area (Å²) in [5, 5.41) is 0. The Morgan fingerprint density at radius 2 is 2.20 bits per heavy atom. The highest BCUT2D eigenvalue weighted by atomic mass is 35.5. The molecule has 0 amide bonds. The van der Waals surface area contributed by atoms with E-state index in [1.165, 1.54) is 0 Å². The van der Waals surface area contributed by atoms with Gasteiger partial charge in [0.05, 0.1) is 0 Å². The molecule has 0 saturated heterocycles. The van der Waals surface area contributed by atoms with Gasteiger partial charge in [0.15, 0.2) is 5.78 Å². The molecule has 76 valence electrons. The van der Waals surface area contributed by atoms with Gasteiger partial charge in [-0.15, -0.1) is 11.6 Å². The summed E-state index contributed by atoms with van der Waals surface area (Å²) in [4.78, 5) is 11.5. The molecule has 1 aromatic carbocycles. The Morgan fingerprint density at radius 1 is 1.33 bits per heavy atom. The van der Waals surface area contributed by atoms with E-state index >= 15 is 0 Å². The van der Waals surface area contributed by atoms with Crippen LogP contribution in [-0.4, -0.2) is 11.7 Å². The molecule has 0 atom stereocenters. The van der Waals surface area contributed by atoms with E-state index in [1.54, 1.807) is 0 Å². The summed E-state index contributed by atoms with van der Waals surface area (Å²) in [6.07, 6.45) is 2.21. The van der Waals surface area contributed by atoms with Gasteiger partial charge in [0.2, 0.25) is 0 Å². The van der Waals surface area contributed by atoms with E-state index in [1.807, 2.05) is 18.2 Å². The highest BCUT2D eigenvalue weighted by molar-refractivity contribution is 6.18. The first-order valence-electron chi connectivity index (χ1n) is 5.02. The number of halogens is 1. The number of carbonyl (C=O) groups excluding carboxylic acids is 1. The summed E-state index contributed by atoms with van der Waals surface area (Å²) < 4.78 is 0. The number of rotatable bonds is 1. The normalized spacial score (nSPS) is 13.3. The van der Waals surface area contributed by atoms with Crippen LogP contribution in [0.15, 0.2) is 18.2 Å². The summed E-state index contributed by atoms with van der Waals surface area (Å²) in [6.45, 7) is 0. The number of carbonyl (C=O) groups is 1. The van der Waals surface area contributed by atoms with Gasteiger partial charge in [0.25, 0.3) is 0 Å². The van der Waals surface area contributed by atoms with Crippen LogP contribution in [0.5, 0.6) is 0 Å². The van der Waals surface area contributed by atoms with Crippen LogP contribution in [0.1, 0.15) is 34.3 Å². The highest BCUT2D eigenvalue weighted by Gasteiger charge is 2.18. The molecule has 0 fully saturated rings. The van der Waals surface area contributed by atoms with Crippen LogP contribution in [-0.2, 0) is 6.42 Å². The second-order valence-electron chi connectivity index (χ2n) is 3.54. The number of hydrogen-bond donors (Lipinski definition) is 0. The van der Waals surface area contributed by atoms with Crippen molar-refractivity contribution in [2.75, 3.05) is 5.88 Å². The smallest absolute Gasteiger partial charge is 0.163 e. The molecule has 1 aromatic rings. The molecular weight excluding hydrogens is 208 g/mol. The molecule has 0 unspecified atom stereocenters. The van der Waals surface area contributed by atoms with Gasteiger partial charge < -0.3 is 0 Å². The van der Waals surface area contributed by atoms with E-state index < -0.39 is 0 Å². The van der Waals surface area contributed by atoms with Gasteiger partial charge in [-0.3, -0.25) is 4.79 Å². The molecule has 0 heterocycles. The maximum Gasteiger partial charge on any atom is 0.163 e. The minimum Gasteiger partial charge on any atom is -0.294 e. The van der Waals surface area contributed by atoms with Crippen LogP contribution in [0.25, 0.3) is 0 Å². The van der Waals surface area contributed by atoms with Crippen LogP contribution in [0.2, 0.25) is 0 Å². The zero-order valence-corrected chi connectivity index (χ0v) is 9.10.